The van der Waals surface area contributed by atoms with Crippen LogP contribution >= 0.6 is 39.1 Å². The zero-order chi connectivity index (χ0) is 32.1. The molecule has 4 rings (SSSR count). The van der Waals surface area contributed by atoms with Gasteiger partial charge >= 0.3 is 0 Å². The molecule has 2 aromatic carbocycles. The Kier molecular flexibility index (Phi) is 11.5. The van der Waals surface area contributed by atoms with Crippen molar-refractivity contribution in [1.82, 2.24) is 18.8 Å². The molecule has 44 heavy (non-hydrogen) atoms. The first kappa shape index (κ1) is 34.4. The second-order valence-electron chi connectivity index (χ2n) is 10.8. The van der Waals surface area contributed by atoms with Crippen LogP contribution in [-0.2, 0) is 41.0 Å². The number of rotatable bonds is 13. The van der Waals surface area contributed by atoms with Gasteiger partial charge in [0.15, 0.2) is 5.03 Å². The summed E-state index contributed by atoms with van der Waals surface area (Å²) < 4.78 is 42.5. The third-order valence-electron chi connectivity index (χ3n) is 7.17. The van der Waals surface area contributed by atoms with E-state index in [2.05, 4.69) is 20.9 Å². The molecular formula is C29H34BrCl2N5O6S. The van der Waals surface area contributed by atoms with Gasteiger partial charge in [-0.1, -0.05) is 51.3 Å². The molecule has 2 heterocycles. The Morgan fingerprint density at radius 2 is 1.70 bits per heavy atom. The number of aromatic nitrogens is 2. The predicted molar refractivity (Wildman–Crippen MR) is 172 cm³/mol. The van der Waals surface area contributed by atoms with Gasteiger partial charge in [-0.05, 0) is 56.2 Å². The van der Waals surface area contributed by atoms with E-state index in [1.807, 2.05) is 38.1 Å². The molecule has 0 radical (unpaired) electrons. The third-order valence-corrected chi connectivity index (χ3v) is 9.99. The maximum atomic E-state index is 14.2. The smallest absolute Gasteiger partial charge is 0.260 e. The maximum Gasteiger partial charge on any atom is 0.260 e. The van der Waals surface area contributed by atoms with Crippen LogP contribution in [0.3, 0.4) is 0 Å². The van der Waals surface area contributed by atoms with E-state index >= 15 is 0 Å². The van der Waals surface area contributed by atoms with E-state index < -0.39 is 15.6 Å². The number of imidazole rings is 1. The highest BCUT2D eigenvalue weighted by Crippen LogP contribution is 2.36. The maximum absolute atomic E-state index is 14.2. The SMILES string of the molecule is COCCOCC(=O)N1CCN(S(=O)(=O)c2cnc(N(C=O)c3cc(Cl)cc(Cl)c3)n2C(C)(C)Cc2ccc(Br)cc2)CC1. The van der Waals surface area contributed by atoms with Crippen LogP contribution in [-0.4, -0.2) is 92.6 Å². The van der Waals surface area contributed by atoms with Crippen LogP contribution in [0.25, 0.3) is 0 Å². The number of methoxy groups -OCH3 is 1. The summed E-state index contributed by atoms with van der Waals surface area (Å²) in [6.07, 6.45) is 2.23. The van der Waals surface area contributed by atoms with Crippen LogP contribution < -0.4 is 4.90 Å². The first-order valence-corrected chi connectivity index (χ1v) is 16.7. The van der Waals surface area contributed by atoms with Crippen molar-refractivity contribution < 1.29 is 27.5 Å². The summed E-state index contributed by atoms with van der Waals surface area (Å²) in [5.74, 6) is -0.135. The van der Waals surface area contributed by atoms with E-state index in [0.717, 1.165) is 10.0 Å². The van der Waals surface area contributed by atoms with Crippen LogP contribution in [0.1, 0.15) is 19.4 Å². The van der Waals surface area contributed by atoms with E-state index in [0.29, 0.717) is 35.2 Å². The lowest BCUT2D eigenvalue weighted by Crippen LogP contribution is -2.52. The molecule has 1 fully saturated rings. The third kappa shape index (κ3) is 8.00. The number of hydrogen-bond acceptors (Lipinski definition) is 7. The van der Waals surface area contributed by atoms with Gasteiger partial charge in [-0.25, -0.2) is 13.4 Å². The van der Waals surface area contributed by atoms with Crippen LogP contribution in [0.5, 0.6) is 0 Å². The van der Waals surface area contributed by atoms with Gasteiger partial charge in [0.05, 0.1) is 25.1 Å². The highest BCUT2D eigenvalue weighted by molar-refractivity contribution is 9.10. The molecule has 1 saturated heterocycles. The predicted octanol–water partition coefficient (Wildman–Crippen LogP) is 4.72. The zero-order valence-electron chi connectivity index (χ0n) is 24.6. The molecule has 1 aliphatic heterocycles. The molecule has 3 aromatic rings. The van der Waals surface area contributed by atoms with Gasteiger partial charge in [0.2, 0.25) is 18.3 Å². The molecule has 1 aromatic heterocycles. The van der Waals surface area contributed by atoms with Crippen molar-refractivity contribution in [3.8, 4) is 0 Å². The topological polar surface area (TPSA) is 114 Å². The first-order valence-electron chi connectivity index (χ1n) is 13.8. The fourth-order valence-corrected chi connectivity index (χ4v) is 7.47. The Balaban J connectivity index is 1.69. The number of halogens is 3. The molecule has 0 N–H and O–H groups in total. The molecule has 0 unspecified atom stereocenters. The fraction of sp³-hybridized carbons (Fsp3) is 0.414. The largest absolute Gasteiger partial charge is 0.382 e. The number of anilines is 2. The minimum absolute atomic E-state index is 0.0843. The van der Waals surface area contributed by atoms with Gasteiger partial charge in [0.1, 0.15) is 6.61 Å². The monoisotopic (exact) mass is 729 g/mol. The summed E-state index contributed by atoms with van der Waals surface area (Å²) in [4.78, 5) is 32.4. The average Bonchev–Trinajstić information content (AvgIpc) is 3.43. The normalized spacial score (nSPS) is 14.5. The number of sulfonamides is 1. The van der Waals surface area contributed by atoms with Gasteiger partial charge < -0.3 is 14.4 Å². The number of hydrogen-bond donors (Lipinski definition) is 0. The number of benzene rings is 2. The van der Waals surface area contributed by atoms with Gasteiger partial charge in [0, 0.05) is 53.3 Å². The molecule has 0 spiro atoms. The summed E-state index contributed by atoms with van der Waals surface area (Å²) in [7, 11) is -2.58. The Labute approximate surface area is 275 Å². The fourth-order valence-electron chi connectivity index (χ4n) is 5.03. The molecule has 0 bridgehead atoms. The van der Waals surface area contributed by atoms with Crippen molar-refractivity contribution in [2.24, 2.45) is 0 Å². The molecule has 11 nitrogen and oxygen atoms in total. The number of carbonyl (C=O) groups is 2. The van der Waals surface area contributed by atoms with E-state index in [1.54, 1.807) is 28.7 Å². The molecule has 0 saturated carbocycles. The van der Waals surface area contributed by atoms with Gasteiger partial charge in [-0.15, -0.1) is 0 Å². The zero-order valence-corrected chi connectivity index (χ0v) is 28.5. The summed E-state index contributed by atoms with van der Waals surface area (Å²) in [5, 5.41) is 0.518. The van der Waals surface area contributed by atoms with Crippen molar-refractivity contribution in [2.45, 2.75) is 30.8 Å². The van der Waals surface area contributed by atoms with E-state index in [4.69, 9.17) is 32.7 Å². The summed E-state index contributed by atoms with van der Waals surface area (Å²) in [6.45, 7) is 4.90. The van der Waals surface area contributed by atoms with Crippen molar-refractivity contribution in [2.75, 3.05) is 58.0 Å². The van der Waals surface area contributed by atoms with Crippen molar-refractivity contribution in [1.29, 1.82) is 0 Å². The van der Waals surface area contributed by atoms with E-state index in [-0.39, 0.29) is 56.3 Å². The summed E-state index contributed by atoms with van der Waals surface area (Å²) in [6, 6.07) is 12.3. The first-order chi connectivity index (χ1) is 20.9. The molecule has 0 aliphatic carbocycles. The van der Waals surface area contributed by atoms with Crippen molar-refractivity contribution in [3.63, 3.8) is 0 Å². The molecule has 2 amide bonds. The highest BCUT2D eigenvalue weighted by atomic mass is 79.9. The quantitative estimate of drug-likeness (QED) is 0.185. The van der Waals surface area contributed by atoms with Gasteiger partial charge in [0.25, 0.3) is 10.0 Å². The number of carbonyl (C=O) groups excluding carboxylic acids is 2. The van der Waals surface area contributed by atoms with Crippen LogP contribution in [0, 0.1) is 0 Å². The number of amides is 2. The Morgan fingerprint density at radius 3 is 2.30 bits per heavy atom. The molecular weight excluding hydrogens is 697 g/mol. The second-order valence-corrected chi connectivity index (χ2v) is 14.5. The van der Waals surface area contributed by atoms with Gasteiger partial charge in [-0.3, -0.25) is 19.1 Å². The Morgan fingerprint density at radius 1 is 1.07 bits per heavy atom. The molecule has 0 atom stereocenters. The minimum Gasteiger partial charge on any atom is -0.382 e. The Hall–Kier alpha value is -2.52. The molecule has 15 heteroatoms. The lowest BCUT2D eigenvalue weighted by molar-refractivity contribution is -0.137. The van der Waals surface area contributed by atoms with E-state index in [9.17, 15) is 18.0 Å². The number of ether oxygens (including phenoxy) is 2. The van der Waals surface area contributed by atoms with E-state index in [1.165, 1.54) is 21.5 Å². The number of nitrogens with zero attached hydrogens (tertiary/aromatic N) is 5. The summed E-state index contributed by atoms with van der Waals surface area (Å²) in [5.41, 5.74) is 0.389. The standard InChI is InChI=1S/C29H34BrCl2N5O6S/c1-29(2,17-21-4-6-22(30)7-5-21)37-27(18-33-28(37)36(20-38)25-15-23(31)14-24(32)16-25)44(40,41)35-10-8-34(9-11-35)26(39)19-43-13-12-42-3/h4-7,14-16,18,20H,8-13,17,19H2,1-3H3. The highest BCUT2D eigenvalue weighted by Gasteiger charge is 2.38. The molecule has 238 valence electrons. The van der Waals surface area contributed by atoms with Gasteiger partial charge in [-0.2, -0.15) is 4.31 Å². The van der Waals surface area contributed by atoms with Crippen LogP contribution in [0.4, 0.5) is 11.6 Å². The second kappa shape index (κ2) is 14.7. The van der Waals surface area contributed by atoms with Crippen molar-refractivity contribution >= 4 is 73.1 Å². The van der Waals surface area contributed by atoms with Crippen LogP contribution in [0.15, 0.2) is 58.2 Å². The minimum atomic E-state index is -4.12. The lowest BCUT2D eigenvalue weighted by atomic mass is 9.94. The average molecular weight is 731 g/mol. The summed E-state index contributed by atoms with van der Waals surface area (Å²) >= 11 is 15.9. The number of piperazine rings is 1. The lowest BCUT2D eigenvalue weighted by Gasteiger charge is -2.36. The van der Waals surface area contributed by atoms with Crippen molar-refractivity contribution in [3.05, 3.63) is 68.7 Å². The molecule has 1 aliphatic rings. The Bertz CT molecular complexity index is 1560. The van der Waals surface area contributed by atoms with Crippen LogP contribution in [0.2, 0.25) is 10.0 Å².